The number of carbonyl (C=O) groups excluding carboxylic acids is 1. The number of benzene rings is 1. The Morgan fingerprint density at radius 2 is 2.06 bits per heavy atom. The normalized spacial score (nSPS) is 11.4. The number of carbonyl (C=O) groups is 1. The third-order valence-electron chi connectivity index (χ3n) is 2.28. The Hall–Kier alpha value is -1.82. The van der Waals surface area contributed by atoms with Gasteiger partial charge in [-0.05, 0) is 0 Å². The molecule has 0 amide bonds. The number of hydrogen-bond acceptors (Lipinski definition) is 3. The first-order chi connectivity index (χ1) is 7.69. The first-order valence-corrected chi connectivity index (χ1v) is 5.22. The second-order valence-corrected chi connectivity index (χ2v) is 4.31. The molecule has 0 saturated carbocycles. The number of aldehydes is 1. The molecule has 2 aromatic heterocycles. The van der Waals surface area contributed by atoms with Crippen LogP contribution in [-0.2, 0) is 0 Å². The highest BCUT2D eigenvalue weighted by molar-refractivity contribution is 7.18. The Bertz CT molecular complexity index is 716. The van der Waals surface area contributed by atoms with Crippen LogP contribution >= 0.6 is 11.3 Å². The van der Waals surface area contributed by atoms with Crippen LogP contribution in [-0.4, -0.2) is 15.7 Å². The summed E-state index contributed by atoms with van der Waals surface area (Å²) in [4.78, 5) is 15.7. The minimum Gasteiger partial charge on any atom is -0.297 e. The van der Waals surface area contributed by atoms with E-state index in [4.69, 9.17) is 0 Å². The van der Waals surface area contributed by atoms with Crippen LogP contribution in [0.4, 0.5) is 8.78 Å². The maximum Gasteiger partial charge on any atom is 0.195 e. The molecule has 0 saturated heterocycles. The van der Waals surface area contributed by atoms with Crippen molar-refractivity contribution in [3.63, 3.8) is 0 Å². The van der Waals surface area contributed by atoms with Gasteiger partial charge in [-0.25, -0.2) is 13.8 Å². The summed E-state index contributed by atoms with van der Waals surface area (Å²) in [5.41, 5.74) is 0.834. The van der Waals surface area contributed by atoms with E-state index in [1.54, 1.807) is 10.6 Å². The molecule has 0 aliphatic carbocycles. The number of fused-ring (bicyclic) bond motifs is 3. The van der Waals surface area contributed by atoms with Gasteiger partial charge >= 0.3 is 0 Å². The lowest BCUT2D eigenvalue weighted by atomic mass is 10.3. The molecule has 0 atom stereocenters. The van der Waals surface area contributed by atoms with E-state index in [0.717, 1.165) is 12.1 Å². The molecule has 6 heteroatoms. The van der Waals surface area contributed by atoms with Gasteiger partial charge in [-0.3, -0.25) is 9.20 Å². The van der Waals surface area contributed by atoms with Crippen LogP contribution in [0.25, 0.3) is 16.0 Å². The van der Waals surface area contributed by atoms with Gasteiger partial charge in [0.2, 0.25) is 0 Å². The SMILES string of the molecule is O=Cc1cn2c(nc3cc(F)c(F)cc32)s1. The molecule has 2 heterocycles. The molecular weight excluding hydrogens is 234 g/mol. The van der Waals surface area contributed by atoms with Gasteiger partial charge in [-0.1, -0.05) is 11.3 Å². The average molecular weight is 238 g/mol. The van der Waals surface area contributed by atoms with Gasteiger partial charge < -0.3 is 0 Å². The van der Waals surface area contributed by atoms with Gasteiger partial charge in [0.05, 0.1) is 15.9 Å². The fourth-order valence-corrected chi connectivity index (χ4v) is 2.39. The van der Waals surface area contributed by atoms with Gasteiger partial charge in [0.25, 0.3) is 0 Å². The minimum atomic E-state index is -0.923. The highest BCUT2D eigenvalue weighted by Crippen LogP contribution is 2.24. The van der Waals surface area contributed by atoms with Crippen molar-refractivity contribution in [2.24, 2.45) is 0 Å². The van der Waals surface area contributed by atoms with Crippen molar-refractivity contribution in [3.05, 3.63) is 34.8 Å². The molecule has 3 nitrogen and oxygen atoms in total. The van der Waals surface area contributed by atoms with Crippen LogP contribution in [0.5, 0.6) is 0 Å². The van der Waals surface area contributed by atoms with Gasteiger partial charge in [-0.15, -0.1) is 0 Å². The average Bonchev–Trinajstić information content (AvgIpc) is 2.77. The first kappa shape index (κ1) is 9.41. The van der Waals surface area contributed by atoms with Crippen molar-refractivity contribution >= 4 is 33.6 Å². The fourth-order valence-electron chi connectivity index (χ4n) is 1.58. The summed E-state index contributed by atoms with van der Waals surface area (Å²) in [5, 5.41) is 0. The predicted octanol–water partition coefficient (Wildman–Crippen LogP) is 2.64. The summed E-state index contributed by atoms with van der Waals surface area (Å²) in [6.45, 7) is 0. The lowest BCUT2D eigenvalue weighted by Gasteiger charge is -1.93. The number of halogens is 2. The standard InChI is InChI=1S/C10H4F2N2OS/c11-6-1-8-9(2-7(6)12)14-3-5(4-15)16-10(14)13-8/h1-4H. The molecule has 80 valence electrons. The molecule has 3 rings (SSSR count). The summed E-state index contributed by atoms with van der Waals surface area (Å²) in [6, 6.07) is 2.12. The number of imidazole rings is 1. The quantitative estimate of drug-likeness (QED) is 0.611. The Balaban J connectivity index is 2.46. The van der Waals surface area contributed by atoms with E-state index in [9.17, 15) is 13.6 Å². The molecule has 0 unspecified atom stereocenters. The number of rotatable bonds is 1. The Morgan fingerprint density at radius 1 is 1.31 bits per heavy atom. The topological polar surface area (TPSA) is 34.4 Å². The zero-order valence-corrected chi connectivity index (χ0v) is 8.59. The van der Waals surface area contributed by atoms with Crippen molar-refractivity contribution in [1.82, 2.24) is 9.38 Å². The highest BCUT2D eigenvalue weighted by Gasteiger charge is 2.12. The smallest absolute Gasteiger partial charge is 0.195 e. The summed E-state index contributed by atoms with van der Waals surface area (Å²) < 4.78 is 27.6. The lowest BCUT2D eigenvalue weighted by molar-refractivity contribution is 0.112. The fraction of sp³-hybridized carbons (Fsp3) is 0. The summed E-state index contributed by atoms with van der Waals surface area (Å²) in [7, 11) is 0. The second-order valence-electron chi connectivity index (χ2n) is 3.27. The van der Waals surface area contributed by atoms with Gasteiger partial charge in [-0.2, -0.15) is 0 Å². The third-order valence-corrected chi connectivity index (χ3v) is 3.19. The maximum atomic E-state index is 13.1. The molecule has 16 heavy (non-hydrogen) atoms. The van der Waals surface area contributed by atoms with Crippen LogP contribution in [0.15, 0.2) is 18.3 Å². The van der Waals surface area contributed by atoms with Crippen molar-refractivity contribution in [2.75, 3.05) is 0 Å². The van der Waals surface area contributed by atoms with Crippen LogP contribution < -0.4 is 0 Å². The van der Waals surface area contributed by atoms with E-state index in [2.05, 4.69) is 4.98 Å². The number of hydrogen-bond donors (Lipinski definition) is 0. The van der Waals surface area contributed by atoms with E-state index >= 15 is 0 Å². The molecular formula is C10H4F2N2OS. The number of nitrogens with zero attached hydrogens (tertiary/aromatic N) is 2. The van der Waals surface area contributed by atoms with Crippen LogP contribution in [0.2, 0.25) is 0 Å². The predicted molar refractivity (Wildman–Crippen MR) is 55.9 cm³/mol. The van der Waals surface area contributed by atoms with Crippen LogP contribution in [0.1, 0.15) is 9.67 Å². The molecule has 0 aliphatic rings. The van der Waals surface area contributed by atoms with Crippen molar-refractivity contribution in [2.45, 2.75) is 0 Å². The molecule has 0 bridgehead atoms. The van der Waals surface area contributed by atoms with Crippen molar-refractivity contribution in [3.8, 4) is 0 Å². The van der Waals surface area contributed by atoms with E-state index in [0.29, 0.717) is 27.2 Å². The first-order valence-electron chi connectivity index (χ1n) is 4.41. The molecule has 0 fully saturated rings. The van der Waals surface area contributed by atoms with Gasteiger partial charge in [0.15, 0.2) is 22.9 Å². The maximum absolute atomic E-state index is 13.1. The summed E-state index contributed by atoms with van der Waals surface area (Å²) >= 11 is 1.17. The van der Waals surface area contributed by atoms with E-state index in [-0.39, 0.29) is 0 Å². The molecule has 1 aromatic carbocycles. The second kappa shape index (κ2) is 3.08. The summed E-state index contributed by atoms with van der Waals surface area (Å²) in [5.74, 6) is -1.85. The highest BCUT2D eigenvalue weighted by atomic mass is 32.1. The molecule has 3 aromatic rings. The molecule has 0 N–H and O–H groups in total. The van der Waals surface area contributed by atoms with E-state index < -0.39 is 11.6 Å². The monoisotopic (exact) mass is 238 g/mol. The Labute approximate surface area is 91.9 Å². The molecule has 0 radical (unpaired) electrons. The third kappa shape index (κ3) is 1.16. The minimum absolute atomic E-state index is 0.377. The lowest BCUT2D eigenvalue weighted by Crippen LogP contribution is -1.85. The Morgan fingerprint density at radius 3 is 2.81 bits per heavy atom. The van der Waals surface area contributed by atoms with Crippen molar-refractivity contribution in [1.29, 1.82) is 0 Å². The molecule has 0 spiro atoms. The zero-order chi connectivity index (χ0) is 11.3. The van der Waals surface area contributed by atoms with Crippen molar-refractivity contribution < 1.29 is 13.6 Å². The van der Waals surface area contributed by atoms with Crippen LogP contribution in [0, 0.1) is 11.6 Å². The van der Waals surface area contributed by atoms with Gasteiger partial charge in [0.1, 0.15) is 0 Å². The number of aromatic nitrogens is 2. The van der Waals surface area contributed by atoms with E-state index in [1.165, 1.54) is 11.3 Å². The number of thiazole rings is 1. The Kier molecular flexibility index (Phi) is 1.81. The zero-order valence-electron chi connectivity index (χ0n) is 7.78. The van der Waals surface area contributed by atoms with Gasteiger partial charge in [0, 0.05) is 18.3 Å². The molecule has 0 aliphatic heterocycles. The van der Waals surface area contributed by atoms with E-state index in [1.807, 2.05) is 0 Å². The largest absolute Gasteiger partial charge is 0.297 e. The van der Waals surface area contributed by atoms with Crippen LogP contribution in [0.3, 0.4) is 0 Å². The summed E-state index contributed by atoms with van der Waals surface area (Å²) in [6.07, 6.45) is 2.25.